The number of hydrogen-bond acceptors (Lipinski definition) is 3. The van der Waals surface area contributed by atoms with E-state index in [9.17, 15) is 4.79 Å². The number of nitrogens with zero attached hydrogens (tertiary/aromatic N) is 1. The van der Waals surface area contributed by atoms with Gasteiger partial charge in [0.15, 0.2) is 0 Å². The summed E-state index contributed by atoms with van der Waals surface area (Å²) in [5.74, 6) is 0.00155. The molecule has 2 aromatic rings. The molecule has 1 fully saturated rings. The number of piperidine rings is 1. The Balaban J connectivity index is 1.92. The van der Waals surface area contributed by atoms with Crippen LogP contribution in [0, 0.1) is 12.3 Å². The van der Waals surface area contributed by atoms with Crippen molar-refractivity contribution in [3.63, 3.8) is 0 Å². The van der Waals surface area contributed by atoms with Crippen molar-refractivity contribution >= 4 is 16.8 Å². The summed E-state index contributed by atoms with van der Waals surface area (Å²) >= 11 is 0. The molecule has 1 aliphatic heterocycles. The molecule has 4 heteroatoms. The van der Waals surface area contributed by atoms with Crippen LogP contribution in [0.1, 0.15) is 36.3 Å². The highest BCUT2D eigenvalue weighted by Gasteiger charge is 2.33. The molecule has 0 bridgehead atoms. The maximum Gasteiger partial charge on any atom is 0.252 e. The molecule has 4 nitrogen and oxygen atoms in total. The SMILES string of the molecule is Cc1cc(C(=O)NC2CCNCC2(C)C)c2ccccc2n1. The van der Waals surface area contributed by atoms with Gasteiger partial charge in [0, 0.05) is 23.7 Å². The molecule has 1 aromatic carbocycles. The van der Waals surface area contributed by atoms with Crippen LogP contribution in [0.5, 0.6) is 0 Å². The van der Waals surface area contributed by atoms with Crippen LogP contribution in [0.15, 0.2) is 30.3 Å². The van der Waals surface area contributed by atoms with Crippen molar-refractivity contribution in [1.82, 2.24) is 15.6 Å². The van der Waals surface area contributed by atoms with E-state index < -0.39 is 0 Å². The molecular formula is C18H23N3O. The van der Waals surface area contributed by atoms with Gasteiger partial charge in [0.25, 0.3) is 5.91 Å². The predicted molar refractivity (Wildman–Crippen MR) is 89.0 cm³/mol. The number of amides is 1. The Bertz CT molecular complexity index is 709. The largest absolute Gasteiger partial charge is 0.349 e. The van der Waals surface area contributed by atoms with Crippen molar-refractivity contribution < 1.29 is 4.79 Å². The molecule has 0 spiro atoms. The number of carbonyl (C=O) groups is 1. The standard InChI is InChI=1S/C18H23N3O/c1-12-10-14(13-6-4-5-7-15(13)20-12)17(22)21-16-8-9-19-11-18(16,2)3/h4-7,10,16,19H,8-9,11H2,1-3H3,(H,21,22). The van der Waals surface area contributed by atoms with E-state index in [0.717, 1.165) is 41.7 Å². The fourth-order valence-corrected chi connectivity index (χ4v) is 3.17. The zero-order valence-electron chi connectivity index (χ0n) is 13.4. The minimum absolute atomic E-state index is 0.00155. The van der Waals surface area contributed by atoms with Gasteiger partial charge in [-0.1, -0.05) is 32.0 Å². The van der Waals surface area contributed by atoms with E-state index in [4.69, 9.17) is 0 Å². The molecule has 2 N–H and O–H groups in total. The zero-order valence-corrected chi connectivity index (χ0v) is 13.4. The van der Waals surface area contributed by atoms with E-state index in [-0.39, 0.29) is 17.4 Å². The molecule has 1 unspecified atom stereocenters. The van der Waals surface area contributed by atoms with Gasteiger partial charge in [-0.15, -0.1) is 0 Å². The fraction of sp³-hybridized carbons (Fsp3) is 0.444. The molecule has 1 saturated heterocycles. The molecule has 1 atom stereocenters. The minimum Gasteiger partial charge on any atom is -0.349 e. The Morgan fingerprint density at radius 3 is 2.91 bits per heavy atom. The summed E-state index contributed by atoms with van der Waals surface area (Å²) in [6.07, 6.45) is 0.959. The molecule has 0 saturated carbocycles. The summed E-state index contributed by atoms with van der Waals surface area (Å²) in [4.78, 5) is 17.3. The molecule has 2 heterocycles. The lowest BCUT2D eigenvalue weighted by Crippen LogP contribution is -2.54. The third-order valence-corrected chi connectivity index (χ3v) is 4.53. The molecule has 1 amide bonds. The molecule has 0 aliphatic carbocycles. The highest BCUT2D eigenvalue weighted by molar-refractivity contribution is 6.06. The third-order valence-electron chi connectivity index (χ3n) is 4.53. The van der Waals surface area contributed by atoms with E-state index in [1.165, 1.54) is 0 Å². The molecule has 1 aliphatic rings. The average Bonchev–Trinajstić information content (AvgIpc) is 2.48. The summed E-state index contributed by atoms with van der Waals surface area (Å²) in [6.45, 7) is 8.19. The zero-order chi connectivity index (χ0) is 15.7. The van der Waals surface area contributed by atoms with Crippen LogP contribution in [-0.4, -0.2) is 30.0 Å². The second-order valence-corrected chi connectivity index (χ2v) is 6.81. The van der Waals surface area contributed by atoms with Gasteiger partial charge >= 0.3 is 0 Å². The van der Waals surface area contributed by atoms with Gasteiger partial charge in [-0.3, -0.25) is 9.78 Å². The number of hydrogen-bond donors (Lipinski definition) is 2. The number of para-hydroxylation sites is 1. The monoisotopic (exact) mass is 297 g/mol. The lowest BCUT2D eigenvalue weighted by molar-refractivity contribution is 0.0870. The number of carbonyl (C=O) groups excluding carboxylic acids is 1. The van der Waals surface area contributed by atoms with Crippen molar-refractivity contribution in [2.45, 2.75) is 33.2 Å². The second-order valence-electron chi connectivity index (χ2n) is 6.81. The normalized spacial score (nSPS) is 20.8. The molecule has 3 rings (SSSR count). The van der Waals surface area contributed by atoms with Crippen molar-refractivity contribution in [3.8, 4) is 0 Å². The number of fused-ring (bicyclic) bond motifs is 1. The highest BCUT2D eigenvalue weighted by atomic mass is 16.1. The van der Waals surface area contributed by atoms with Crippen LogP contribution in [-0.2, 0) is 0 Å². The van der Waals surface area contributed by atoms with E-state index >= 15 is 0 Å². The van der Waals surface area contributed by atoms with Crippen LogP contribution >= 0.6 is 0 Å². The van der Waals surface area contributed by atoms with Crippen LogP contribution in [0.2, 0.25) is 0 Å². The van der Waals surface area contributed by atoms with Crippen molar-refractivity contribution in [2.75, 3.05) is 13.1 Å². The van der Waals surface area contributed by atoms with Gasteiger partial charge in [-0.25, -0.2) is 0 Å². The predicted octanol–water partition coefficient (Wildman–Crippen LogP) is 2.66. The van der Waals surface area contributed by atoms with Gasteiger partial charge in [0.2, 0.25) is 0 Å². The van der Waals surface area contributed by atoms with E-state index in [0.29, 0.717) is 0 Å². The Kier molecular flexibility index (Phi) is 3.87. The number of nitrogens with one attached hydrogen (secondary N) is 2. The molecule has 1 aromatic heterocycles. The first-order valence-electron chi connectivity index (χ1n) is 7.85. The van der Waals surface area contributed by atoms with Crippen molar-refractivity contribution in [3.05, 3.63) is 41.6 Å². The number of pyridine rings is 1. The number of rotatable bonds is 2. The van der Waals surface area contributed by atoms with E-state index in [2.05, 4.69) is 29.5 Å². The Morgan fingerprint density at radius 1 is 1.36 bits per heavy atom. The second kappa shape index (κ2) is 5.69. The number of aromatic nitrogens is 1. The number of benzene rings is 1. The molecule has 0 radical (unpaired) electrons. The lowest BCUT2D eigenvalue weighted by atomic mass is 9.80. The average molecular weight is 297 g/mol. The van der Waals surface area contributed by atoms with Gasteiger partial charge in [0.1, 0.15) is 0 Å². The summed E-state index contributed by atoms with van der Waals surface area (Å²) in [6, 6.07) is 9.88. The summed E-state index contributed by atoms with van der Waals surface area (Å²) in [7, 11) is 0. The van der Waals surface area contributed by atoms with Gasteiger partial charge in [-0.05, 0) is 37.4 Å². The summed E-state index contributed by atoms with van der Waals surface area (Å²) < 4.78 is 0. The van der Waals surface area contributed by atoms with Gasteiger partial charge in [-0.2, -0.15) is 0 Å². The first-order valence-corrected chi connectivity index (χ1v) is 7.85. The molecule has 116 valence electrons. The minimum atomic E-state index is 0.00155. The van der Waals surface area contributed by atoms with Crippen LogP contribution < -0.4 is 10.6 Å². The maximum atomic E-state index is 12.8. The Morgan fingerprint density at radius 2 is 2.14 bits per heavy atom. The van der Waals surface area contributed by atoms with Crippen LogP contribution in [0.4, 0.5) is 0 Å². The van der Waals surface area contributed by atoms with Crippen molar-refractivity contribution in [1.29, 1.82) is 0 Å². The third kappa shape index (κ3) is 2.83. The lowest BCUT2D eigenvalue weighted by Gasteiger charge is -2.39. The Hall–Kier alpha value is -1.94. The van der Waals surface area contributed by atoms with Crippen molar-refractivity contribution in [2.24, 2.45) is 5.41 Å². The quantitative estimate of drug-likeness (QED) is 0.896. The fourth-order valence-electron chi connectivity index (χ4n) is 3.17. The first kappa shape index (κ1) is 15.0. The summed E-state index contributed by atoms with van der Waals surface area (Å²) in [5, 5.41) is 7.55. The van der Waals surface area contributed by atoms with E-state index in [1.807, 2.05) is 37.3 Å². The maximum absolute atomic E-state index is 12.8. The van der Waals surface area contributed by atoms with Crippen LogP contribution in [0.3, 0.4) is 0 Å². The molecule has 22 heavy (non-hydrogen) atoms. The van der Waals surface area contributed by atoms with Crippen LogP contribution in [0.25, 0.3) is 10.9 Å². The topological polar surface area (TPSA) is 54.0 Å². The summed E-state index contributed by atoms with van der Waals surface area (Å²) in [5.41, 5.74) is 2.52. The highest BCUT2D eigenvalue weighted by Crippen LogP contribution is 2.26. The number of aryl methyl sites for hydroxylation is 1. The van der Waals surface area contributed by atoms with Gasteiger partial charge < -0.3 is 10.6 Å². The van der Waals surface area contributed by atoms with E-state index in [1.54, 1.807) is 0 Å². The smallest absolute Gasteiger partial charge is 0.252 e. The Labute approximate surface area is 131 Å². The van der Waals surface area contributed by atoms with Gasteiger partial charge in [0.05, 0.1) is 11.1 Å². The first-order chi connectivity index (χ1) is 10.5. The molecular weight excluding hydrogens is 274 g/mol.